The van der Waals surface area contributed by atoms with E-state index in [1.165, 1.54) is 0 Å². The molecule has 0 amide bonds. The Hall–Kier alpha value is -1.47. The van der Waals surface area contributed by atoms with Crippen molar-refractivity contribution in [3.63, 3.8) is 0 Å². The second kappa shape index (κ2) is 4.08. The Morgan fingerprint density at radius 2 is 2.29 bits per heavy atom. The zero-order valence-corrected chi connectivity index (χ0v) is 11.1. The van der Waals surface area contributed by atoms with Crippen molar-refractivity contribution in [1.29, 1.82) is 0 Å². The second-order valence-corrected chi connectivity index (χ2v) is 5.33. The van der Waals surface area contributed by atoms with Crippen molar-refractivity contribution >= 4 is 43.3 Å². The van der Waals surface area contributed by atoms with Crippen molar-refractivity contribution in [3.8, 4) is 0 Å². The predicted octanol–water partition coefficient (Wildman–Crippen LogP) is 2.28. The van der Waals surface area contributed by atoms with Gasteiger partial charge in [-0.1, -0.05) is 0 Å². The van der Waals surface area contributed by atoms with Crippen LogP contribution in [-0.2, 0) is 6.54 Å². The first-order valence-corrected chi connectivity index (χ1v) is 6.57. The quantitative estimate of drug-likeness (QED) is 0.788. The van der Waals surface area contributed by atoms with E-state index in [2.05, 4.69) is 31.0 Å². The van der Waals surface area contributed by atoms with Crippen molar-refractivity contribution in [3.05, 3.63) is 34.1 Å². The highest BCUT2D eigenvalue weighted by Crippen LogP contribution is 2.23. The standard InChI is InChI=1S/C10H8BrN5S/c11-6-3-13-16(4-6)5-8-14-9(12)7-1-2-17-10(7)15-8/h1-4H,5H2,(H2,12,14,15). The number of nitrogen functional groups attached to an aromatic ring is 1. The van der Waals surface area contributed by atoms with E-state index < -0.39 is 0 Å². The van der Waals surface area contributed by atoms with Crippen LogP contribution in [0.15, 0.2) is 28.3 Å². The Bertz CT molecular complexity index is 674. The van der Waals surface area contributed by atoms with E-state index >= 15 is 0 Å². The van der Waals surface area contributed by atoms with Crippen molar-refractivity contribution in [2.24, 2.45) is 0 Å². The first-order valence-electron chi connectivity index (χ1n) is 4.90. The summed E-state index contributed by atoms with van der Waals surface area (Å²) in [4.78, 5) is 9.64. The lowest BCUT2D eigenvalue weighted by atomic mass is 10.4. The molecule has 0 atom stereocenters. The van der Waals surface area contributed by atoms with E-state index in [-0.39, 0.29) is 0 Å². The average Bonchev–Trinajstić information content (AvgIpc) is 2.87. The molecule has 0 radical (unpaired) electrons. The van der Waals surface area contributed by atoms with Crippen molar-refractivity contribution in [2.75, 3.05) is 5.73 Å². The van der Waals surface area contributed by atoms with Crippen LogP contribution in [0.3, 0.4) is 0 Å². The molecular formula is C10H8BrN5S. The molecule has 0 aliphatic carbocycles. The average molecular weight is 310 g/mol. The minimum Gasteiger partial charge on any atom is -0.383 e. The molecule has 0 bridgehead atoms. The monoisotopic (exact) mass is 309 g/mol. The van der Waals surface area contributed by atoms with Gasteiger partial charge < -0.3 is 5.73 Å². The maximum Gasteiger partial charge on any atom is 0.153 e. The lowest BCUT2D eigenvalue weighted by Gasteiger charge is -2.02. The SMILES string of the molecule is Nc1nc(Cn2cc(Br)cn2)nc2sccc12. The van der Waals surface area contributed by atoms with Gasteiger partial charge in [-0.25, -0.2) is 9.97 Å². The van der Waals surface area contributed by atoms with Gasteiger partial charge in [0, 0.05) is 6.20 Å². The fraction of sp³-hybridized carbons (Fsp3) is 0.100. The van der Waals surface area contributed by atoms with Gasteiger partial charge in [-0.2, -0.15) is 5.10 Å². The van der Waals surface area contributed by atoms with Gasteiger partial charge in [-0.05, 0) is 27.4 Å². The summed E-state index contributed by atoms with van der Waals surface area (Å²) in [6.45, 7) is 0.518. The summed E-state index contributed by atoms with van der Waals surface area (Å²) in [5, 5.41) is 7.04. The number of rotatable bonds is 2. The van der Waals surface area contributed by atoms with Gasteiger partial charge in [0.2, 0.25) is 0 Å². The topological polar surface area (TPSA) is 69.6 Å². The van der Waals surface area contributed by atoms with E-state index in [0.29, 0.717) is 18.2 Å². The van der Waals surface area contributed by atoms with Crippen LogP contribution in [0.4, 0.5) is 5.82 Å². The number of aromatic nitrogens is 4. The fourth-order valence-corrected chi connectivity index (χ4v) is 2.68. The van der Waals surface area contributed by atoms with Crippen LogP contribution < -0.4 is 5.73 Å². The molecule has 0 aliphatic heterocycles. The summed E-state index contributed by atoms with van der Waals surface area (Å²) in [7, 11) is 0. The van der Waals surface area contributed by atoms with Crippen LogP contribution >= 0.6 is 27.3 Å². The molecule has 0 saturated heterocycles. The van der Waals surface area contributed by atoms with Crippen LogP contribution in [0, 0.1) is 0 Å². The lowest BCUT2D eigenvalue weighted by molar-refractivity contribution is 0.659. The zero-order chi connectivity index (χ0) is 11.8. The summed E-state index contributed by atoms with van der Waals surface area (Å²) in [5.41, 5.74) is 5.88. The highest BCUT2D eigenvalue weighted by molar-refractivity contribution is 9.10. The number of nitrogens with zero attached hydrogens (tertiary/aromatic N) is 4. The van der Waals surface area contributed by atoms with Gasteiger partial charge in [-0.3, -0.25) is 4.68 Å². The Kier molecular flexibility index (Phi) is 2.56. The van der Waals surface area contributed by atoms with Gasteiger partial charge >= 0.3 is 0 Å². The molecule has 86 valence electrons. The van der Waals surface area contributed by atoms with Gasteiger partial charge in [0.25, 0.3) is 0 Å². The van der Waals surface area contributed by atoms with Crippen LogP contribution in [0.5, 0.6) is 0 Å². The largest absolute Gasteiger partial charge is 0.383 e. The molecule has 0 spiro atoms. The third-order valence-corrected chi connectivity index (χ3v) is 3.52. The summed E-state index contributed by atoms with van der Waals surface area (Å²) in [5.74, 6) is 1.20. The van der Waals surface area contributed by atoms with Gasteiger partial charge in [-0.15, -0.1) is 11.3 Å². The summed E-state index contributed by atoms with van der Waals surface area (Å²) < 4.78 is 2.70. The summed E-state index contributed by atoms with van der Waals surface area (Å²) >= 11 is 4.91. The van der Waals surface area contributed by atoms with Gasteiger partial charge in [0.15, 0.2) is 5.82 Å². The third-order valence-electron chi connectivity index (χ3n) is 2.31. The molecule has 7 heteroatoms. The number of halogens is 1. The number of thiophene rings is 1. The van der Waals surface area contributed by atoms with E-state index in [1.807, 2.05) is 17.6 Å². The van der Waals surface area contributed by atoms with Crippen LogP contribution in [0.2, 0.25) is 0 Å². The molecule has 0 saturated carbocycles. The van der Waals surface area contributed by atoms with E-state index in [9.17, 15) is 0 Å². The number of hydrogen-bond acceptors (Lipinski definition) is 5. The Labute approximate surface area is 109 Å². The first-order chi connectivity index (χ1) is 8.22. The number of fused-ring (bicyclic) bond motifs is 1. The molecule has 0 aliphatic rings. The van der Waals surface area contributed by atoms with Crippen LogP contribution in [-0.4, -0.2) is 19.7 Å². The van der Waals surface area contributed by atoms with Crippen LogP contribution in [0.1, 0.15) is 5.82 Å². The molecule has 3 aromatic heterocycles. The molecule has 3 aromatic rings. The second-order valence-electron chi connectivity index (χ2n) is 3.52. The summed E-state index contributed by atoms with van der Waals surface area (Å²) in [6.07, 6.45) is 3.60. The predicted molar refractivity (Wildman–Crippen MR) is 70.9 cm³/mol. The first kappa shape index (κ1) is 10.7. The molecule has 0 fully saturated rings. The normalized spacial score (nSPS) is 11.1. The molecule has 17 heavy (non-hydrogen) atoms. The van der Waals surface area contributed by atoms with Crippen molar-refractivity contribution in [2.45, 2.75) is 6.54 Å². The Morgan fingerprint density at radius 1 is 1.41 bits per heavy atom. The van der Waals surface area contributed by atoms with E-state index in [4.69, 9.17) is 5.73 Å². The smallest absolute Gasteiger partial charge is 0.153 e. The molecule has 2 N–H and O–H groups in total. The van der Waals surface area contributed by atoms with E-state index in [0.717, 1.165) is 14.7 Å². The highest BCUT2D eigenvalue weighted by Gasteiger charge is 2.07. The molecular weight excluding hydrogens is 302 g/mol. The van der Waals surface area contributed by atoms with Gasteiger partial charge in [0.1, 0.15) is 17.2 Å². The minimum absolute atomic E-state index is 0.518. The minimum atomic E-state index is 0.518. The number of nitrogens with two attached hydrogens (primary N) is 1. The maximum absolute atomic E-state index is 5.88. The lowest BCUT2D eigenvalue weighted by Crippen LogP contribution is -2.06. The molecule has 0 aromatic carbocycles. The molecule has 3 heterocycles. The van der Waals surface area contributed by atoms with Crippen LogP contribution in [0.25, 0.3) is 10.2 Å². The van der Waals surface area contributed by atoms with Gasteiger partial charge in [0.05, 0.1) is 16.1 Å². The maximum atomic E-state index is 5.88. The number of hydrogen-bond donors (Lipinski definition) is 1. The molecule has 5 nitrogen and oxygen atoms in total. The van der Waals surface area contributed by atoms with Crippen molar-refractivity contribution < 1.29 is 0 Å². The fourth-order valence-electron chi connectivity index (χ4n) is 1.56. The van der Waals surface area contributed by atoms with E-state index in [1.54, 1.807) is 22.2 Å². The number of anilines is 1. The summed E-state index contributed by atoms with van der Waals surface area (Å²) in [6, 6.07) is 1.93. The molecule has 0 unspecified atom stereocenters. The highest BCUT2D eigenvalue weighted by atomic mass is 79.9. The Morgan fingerprint density at radius 3 is 3.06 bits per heavy atom. The zero-order valence-electron chi connectivity index (χ0n) is 8.67. The van der Waals surface area contributed by atoms with Crippen molar-refractivity contribution in [1.82, 2.24) is 19.7 Å². The third kappa shape index (κ3) is 2.03. The molecule has 3 rings (SSSR count). The Balaban J connectivity index is 2.00.